The Hall–Kier alpha value is -0.0400. The van der Waals surface area contributed by atoms with Crippen LogP contribution in [-0.2, 0) is 0 Å². The third kappa shape index (κ3) is 4.76. The molecule has 2 saturated carbocycles. The summed E-state index contributed by atoms with van der Waals surface area (Å²) in [6, 6.07) is 0.933. The Kier molecular flexibility index (Phi) is 6.39. The van der Waals surface area contributed by atoms with Gasteiger partial charge in [0.15, 0.2) is 5.96 Å². The zero-order chi connectivity index (χ0) is 13.1. The molecular weight excluding hydrogens is 363 g/mol. The molecule has 0 bridgehead atoms. The van der Waals surface area contributed by atoms with Gasteiger partial charge >= 0.3 is 0 Å². The average molecular weight is 392 g/mol. The zero-order valence-electron chi connectivity index (χ0n) is 12.4. The van der Waals surface area contributed by atoms with Crippen molar-refractivity contribution < 1.29 is 0 Å². The lowest BCUT2D eigenvalue weighted by Gasteiger charge is -2.32. The quantitative estimate of drug-likeness (QED) is 0.429. The molecule has 0 aromatic rings. The standard InChI is InChI=1S/C15H28N4.HI/c16-15(17-10-12-2-1-3-12)18-11-13-6-8-19(9-7-13)14-4-5-14;/h12-14H,1-11H2,(H3,16,17,18);1H. The highest BCUT2D eigenvalue weighted by Gasteiger charge is 2.31. The van der Waals surface area contributed by atoms with E-state index < -0.39 is 0 Å². The van der Waals surface area contributed by atoms with E-state index in [1.807, 2.05) is 0 Å². The van der Waals surface area contributed by atoms with Crippen LogP contribution in [0.15, 0.2) is 4.99 Å². The van der Waals surface area contributed by atoms with E-state index in [0.717, 1.165) is 31.0 Å². The van der Waals surface area contributed by atoms with Crippen LogP contribution in [0.2, 0.25) is 0 Å². The first-order valence-electron chi connectivity index (χ1n) is 8.09. The number of piperidine rings is 1. The molecule has 20 heavy (non-hydrogen) atoms. The van der Waals surface area contributed by atoms with E-state index in [1.54, 1.807) is 0 Å². The van der Waals surface area contributed by atoms with E-state index in [2.05, 4.69) is 15.2 Å². The van der Waals surface area contributed by atoms with Gasteiger partial charge in [-0.3, -0.25) is 4.99 Å². The van der Waals surface area contributed by atoms with Gasteiger partial charge < -0.3 is 16.0 Å². The van der Waals surface area contributed by atoms with Gasteiger partial charge in [-0.2, -0.15) is 0 Å². The highest BCUT2D eigenvalue weighted by molar-refractivity contribution is 14.0. The highest BCUT2D eigenvalue weighted by Crippen LogP contribution is 2.30. The maximum absolute atomic E-state index is 5.93. The number of hydrogen-bond acceptors (Lipinski definition) is 2. The number of nitrogens with zero attached hydrogens (tertiary/aromatic N) is 2. The summed E-state index contributed by atoms with van der Waals surface area (Å²) in [5, 5.41) is 3.32. The smallest absolute Gasteiger partial charge is 0.188 e. The Labute approximate surface area is 140 Å². The number of halogens is 1. The fourth-order valence-corrected chi connectivity index (χ4v) is 3.17. The molecule has 0 atom stereocenters. The minimum atomic E-state index is 0. The summed E-state index contributed by atoms with van der Waals surface area (Å²) in [7, 11) is 0. The summed E-state index contributed by atoms with van der Waals surface area (Å²) < 4.78 is 0. The molecule has 1 aliphatic heterocycles. The molecule has 3 aliphatic rings. The van der Waals surface area contributed by atoms with Crippen molar-refractivity contribution >= 4 is 29.9 Å². The summed E-state index contributed by atoms with van der Waals surface area (Å²) in [4.78, 5) is 7.13. The third-order valence-electron chi connectivity index (χ3n) is 5.03. The van der Waals surface area contributed by atoms with E-state index in [9.17, 15) is 0 Å². The number of nitrogens with two attached hydrogens (primary N) is 1. The molecular formula is C15H29IN4. The summed E-state index contributed by atoms with van der Waals surface area (Å²) in [6.45, 7) is 4.52. The maximum atomic E-state index is 5.93. The summed E-state index contributed by atoms with van der Waals surface area (Å²) >= 11 is 0. The Morgan fingerprint density at radius 1 is 1.05 bits per heavy atom. The van der Waals surface area contributed by atoms with Gasteiger partial charge in [0.1, 0.15) is 0 Å². The van der Waals surface area contributed by atoms with Crippen LogP contribution in [0.4, 0.5) is 0 Å². The summed E-state index contributed by atoms with van der Waals surface area (Å²) in [5.74, 6) is 2.26. The third-order valence-corrected chi connectivity index (χ3v) is 5.03. The van der Waals surface area contributed by atoms with Gasteiger partial charge in [0, 0.05) is 19.1 Å². The Bertz CT molecular complexity index is 318. The predicted octanol–water partition coefficient (Wildman–Crippen LogP) is 2.18. The Morgan fingerprint density at radius 3 is 2.30 bits per heavy atom. The zero-order valence-corrected chi connectivity index (χ0v) is 14.7. The Morgan fingerprint density at radius 2 is 1.75 bits per heavy atom. The van der Waals surface area contributed by atoms with Gasteiger partial charge in [0.05, 0.1) is 0 Å². The molecule has 5 heteroatoms. The van der Waals surface area contributed by atoms with Crippen molar-refractivity contribution in [2.45, 2.75) is 51.0 Å². The fourth-order valence-electron chi connectivity index (χ4n) is 3.17. The molecule has 3 N–H and O–H groups in total. The second-order valence-electron chi connectivity index (χ2n) is 6.61. The first-order valence-corrected chi connectivity index (χ1v) is 8.09. The molecule has 0 unspecified atom stereocenters. The van der Waals surface area contributed by atoms with Crippen LogP contribution in [0.3, 0.4) is 0 Å². The predicted molar refractivity (Wildman–Crippen MR) is 94.6 cm³/mol. The van der Waals surface area contributed by atoms with Crippen LogP contribution >= 0.6 is 24.0 Å². The van der Waals surface area contributed by atoms with Crippen molar-refractivity contribution in [2.75, 3.05) is 26.2 Å². The normalized spacial score (nSPS) is 25.9. The first kappa shape index (κ1) is 16.3. The van der Waals surface area contributed by atoms with Crippen molar-refractivity contribution in [3.63, 3.8) is 0 Å². The summed E-state index contributed by atoms with van der Waals surface area (Å²) in [6.07, 6.45) is 9.58. The molecule has 0 spiro atoms. The van der Waals surface area contributed by atoms with Crippen LogP contribution in [0.5, 0.6) is 0 Å². The lowest BCUT2D eigenvalue weighted by Crippen LogP contribution is -2.41. The van der Waals surface area contributed by atoms with Crippen molar-refractivity contribution in [1.82, 2.24) is 10.2 Å². The molecule has 1 saturated heterocycles. The second-order valence-corrected chi connectivity index (χ2v) is 6.61. The largest absolute Gasteiger partial charge is 0.370 e. The maximum Gasteiger partial charge on any atom is 0.188 e. The van der Waals surface area contributed by atoms with Crippen molar-refractivity contribution in [3.05, 3.63) is 0 Å². The highest BCUT2D eigenvalue weighted by atomic mass is 127. The number of likely N-dealkylation sites (tertiary alicyclic amines) is 1. The average Bonchev–Trinajstić information content (AvgIpc) is 3.19. The minimum Gasteiger partial charge on any atom is -0.370 e. The molecule has 3 fully saturated rings. The van der Waals surface area contributed by atoms with E-state index >= 15 is 0 Å². The second kappa shape index (κ2) is 7.82. The van der Waals surface area contributed by atoms with Gasteiger partial charge in [-0.25, -0.2) is 0 Å². The monoisotopic (exact) mass is 392 g/mol. The summed E-state index contributed by atoms with van der Waals surface area (Å²) in [5.41, 5.74) is 5.93. The lowest BCUT2D eigenvalue weighted by molar-refractivity contribution is 0.177. The first-order chi connectivity index (χ1) is 9.31. The molecule has 4 nitrogen and oxygen atoms in total. The molecule has 0 amide bonds. The fraction of sp³-hybridized carbons (Fsp3) is 0.933. The van der Waals surface area contributed by atoms with Crippen LogP contribution in [-0.4, -0.2) is 43.1 Å². The number of rotatable bonds is 5. The molecule has 1 heterocycles. The van der Waals surface area contributed by atoms with Gasteiger partial charge in [-0.1, -0.05) is 6.42 Å². The minimum absolute atomic E-state index is 0. The topological polar surface area (TPSA) is 53.6 Å². The van der Waals surface area contributed by atoms with Crippen LogP contribution < -0.4 is 11.1 Å². The van der Waals surface area contributed by atoms with Gasteiger partial charge in [0.2, 0.25) is 0 Å². The molecule has 0 radical (unpaired) electrons. The molecule has 0 aromatic carbocycles. The van der Waals surface area contributed by atoms with Gasteiger partial charge in [-0.15, -0.1) is 24.0 Å². The molecule has 3 rings (SSSR count). The van der Waals surface area contributed by atoms with Gasteiger partial charge in [0.25, 0.3) is 0 Å². The molecule has 2 aliphatic carbocycles. The van der Waals surface area contributed by atoms with E-state index in [1.165, 1.54) is 58.0 Å². The van der Waals surface area contributed by atoms with Crippen molar-refractivity contribution in [2.24, 2.45) is 22.6 Å². The number of guanidine groups is 1. The van der Waals surface area contributed by atoms with E-state index in [0.29, 0.717) is 5.96 Å². The van der Waals surface area contributed by atoms with E-state index in [4.69, 9.17) is 5.73 Å². The SMILES string of the molecule is I.NC(=NCC1CCC1)NCC1CCN(C2CC2)CC1. The molecule has 0 aromatic heterocycles. The van der Waals surface area contributed by atoms with Crippen LogP contribution in [0.25, 0.3) is 0 Å². The lowest BCUT2D eigenvalue weighted by atomic mass is 9.86. The molecule has 116 valence electrons. The number of aliphatic imine (C=N–C) groups is 1. The Balaban J connectivity index is 0.00000147. The van der Waals surface area contributed by atoms with Crippen LogP contribution in [0, 0.1) is 11.8 Å². The van der Waals surface area contributed by atoms with Crippen LogP contribution in [0.1, 0.15) is 44.9 Å². The number of hydrogen-bond donors (Lipinski definition) is 2. The number of nitrogens with one attached hydrogen (secondary N) is 1. The van der Waals surface area contributed by atoms with E-state index in [-0.39, 0.29) is 24.0 Å². The van der Waals surface area contributed by atoms with Gasteiger partial charge in [-0.05, 0) is 63.5 Å². The van der Waals surface area contributed by atoms with Crippen molar-refractivity contribution in [3.8, 4) is 0 Å². The van der Waals surface area contributed by atoms with Crippen molar-refractivity contribution in [1.29, 1.82) is 0 Å².